The third-order valence-corrected chi connectivity index (χ3v) is 5.38. The zero-order valence-corrected chi connectivity index (χ0v) is 16.7. The van der Waals surface area contributed by atoms with Crippen LogP contribution in [0.5, 0.6) is 0 Å². The van der Waals surface area contributed by atoms with Gasteiger partial charge in [0.25, 0.3) is 0 Å². The van der Waals surface area contributed by atoms with E-state index in [2.05, 4.69) is 14.8 Å². The number of hydrogen-bond acceptors (Lipinski definition) is 6. The van der Waals surface area contributed by atoms with E-state index in [-0.39, 0.29) is 21.7 Å². The van der Waals surface area contributed by atoms with Crippen molar-refractivity contribution in [3.8, 4) is 22.4 Å². The minimum absolute atomic E-state index is 0.0271. The summed E-state index contributed by atoms with van der Waals surface area (Å²) in [6, 6.07) is 7.96. The lowest BCUT2D eigenvalue weighted by Gasteiger charge is -2.13. The molecule has 30 heavy (non-hydrogen) atoms. The van der Waals surface area contributed by atoms with Crippen molar-refractivity contribution >= 4 is 15.8 Å². The van der Waals surface area contributed by atoms with Crippen LogP contribution in [0, 0.1) is 0 Å². The number of nitrogens with zero attached hydrogens (tertiary/aromatic N) is 3. The maximum atomic E-state index is 14.0. The Morgan fingerprint density at radius 3 is 2.17 bits per heavy atom. The Bertz CT molecular complexity index is 1170. The molecule has 0 spiro atoms. The highest BCUT2D eigenvalue weighted by Crippen LogP contribution is 2.42. The third kappa shape index (κ3) is 4.35. The first-order valence-electron chi connectivity index (χ1n) is 8.48. The SMILES string of the molecule is COC(=O)Cn1nc(-c2ccncc2)c(-c2ccc(S(C)(=O)=O)cc2)c1C(F)(F)F. The number of pyridine rings is 1. The average Bonchev–Trinajstić information content (AvgIpc) is 3.07. The molecule has 0 saturated carbocycles. The second kappa shape index (κ2) is 7.90. The van der Waals surface area contributed by atoms with Gasteiger partial charge in [0, 0.05) is 29.8 Å². The summed E-state index contributed by atoms with van der Waals surface area (Å²) >= 11 is 0. The Kier molecular flexibility index (Phi) is 5.66. The number of rotatable bonds is 5. The van der Waals surface area contributed by atoms with E-state index in [4.69, 9.17) is 0 Å². The highest BCUT2D eigenvalue weighted by Gasteiger charge is 2.41. The van der Waals surface area contributed by atoms with Gasteiger partial charge in [-0.25, -0.2) is 13.1 Å². The lowest BCUT2D eigenvalue weighted by Crippen LogP contribution is -2.20. The van der Waals surface area contributed by atoms with Gasteiger partial charge in [0.05, 0.1) is 12.0 Å². The molecule has 7 nitrogen and oxygen atoms in total. The van der Waals surface area contributed by atoms with E-state index in [1.54, 1.807) is 0 Å². The van der Waals surface area contributed by atoms with E-state index in [1.165, 1.54) is 48.8 Å². The summed E-state index contributed by atoms with van der Waals surface area (Å²) < 4.78 is 70.5. The highest BCUT2D eigenvalue weighted by atomic mass is 32.2. The van der Waals surface area contributed by atoms with Crippen molar-refractivity contribution < 1.29 is 31.1 Å². The fourth-order valence-corrected chi connectivity index (χ4v) is 3.54. The Labute approximate surface area is 170 Å². The molecule has 0 bridgehead atoms. The quantitative estimate of drug-likeness (QED) is 0.567. The molecule has 1 aromatic carbocycles. The van der Waals surface area contributed by atoms with E-state index in [1.807, 2.05) is 0 Å². The smallest absolute Gasteiger partial charge is 0.433 e. The summed E-state index contributed by atoms with van der Waals surface area (Å²) in [4.78, 5) is 15.5. The van der Waals surface area contributed by atoms with E-state index in [0.717, 1.165) is 13.4 Å². The van der Waals surface area contributed by atoms with Gasteiger partial charge in [-0.3, -0.25) is 9.78 Å². The van der Waals surface area contributed by atoms with Crippen LogP contribution in [-0.2, 0) is 32.1 Å². The number of methoxy groups -OCH3 is 1. The molecule has 0 unspecified atom stereocenters. The van der Waals surface area contributed by atoms with Gasteiger partial charge in [-0.15, -0.1) is 0 Å². The van der Waals surface area contributed by atoms with Crippen LogP contribution in [0.15, 0.2) is 53.7 Å². The Morgan fingerprint density at radius 1 is 1.07 bits per heavy atom. The lowest BCUT2D eigenvalue weighted by molar-refractivity contribution is -0.148. The Hall–Kier alpha value is -3.21. The second-order valence-corrected chi connectivity index (χ2v) is 8.35. The molecule has 0 radical (unpaired) electrons. The fraction of sp³-hybridized carbons (Fsp3) is 0.211. The molecule has 0 N–H and O–H groups in total. The number of carbonyl (C=O) groups excluding carboxylic acids is 1. The monoisotopic (exact) mass is 439 g/mol. The van der Waals surface area contributed by atoms with Gasteiger partial charge < -0.3 is 4.74 Å². The molecule has 11 heteroatoms. The molecule has 0 saturated heterocycles. The molecule has 0 fully saturated rings. The molecular formula is C19H16F3N3O4S. The molecule has 0 aliphatic rings. The predicted molar refractivity (Wildman–Crippen MR) is 101 cm³/mol. The zero-order valence-electron chi connectivity index (χ0n) is 15.8. The molecular weight excluding hydrogens is 423 g/mol. The zero-order chi connectivity index (χ0) is 22.1. The minimum Gasteiger partial charge on any atom is -0.468 e. The van der Waals surface area contributed by atoms with Crippen LogP contribution in [0.4, 0.5) is 13.2 Å². The van der Waals surface area contributed by atoms with Gasteiger partial charge in [-0.2, -0.15) is 18.3 Å². The number of alkyl halides is 3. The van der Waals surface area contributed by atoms with Crippen molar-refractivity contribution in [2.75, 3.05) is 13.4 Å². The van der Waals surface area contributed by atoms with Crippen LogP contribution >= 0.6 is 0 Å². The number of aromatic nitrogens is 3. The summed E-state index contributed by atoms with van der Waals surface area (Å²) in [6.07, 6.45) is -1.05. The molecule has 2 aromatic heterocycles. The third-order valence-electron chi connectivity index (χ3n) is 4.25. The molecule has 158 valence electrons. The Morgan fingerprint density at radius 2 is 1.67 bits per heavy atom. The number of ether oxygens (including phenoxy) is 1. The average molecular weight is 439 g/mol. The van der Waals surface area contributed by atoms with Crippen LogP contribution in [0.1, 0.15) is 5.69 Å². The molecule has 0 aliphatic heterocycles. The van der Waals surface area contributed by atoms with Crippen LogP contribution < -0.4 is 0 Å². The fourth-order valence-electron chi connectivity index (χ4n) is 2.91. The van der Waals surface area contributed by atoms with Crippen LogP contribution in [0.25, 0.3) is 22.4 Å². The summed E-state index contributed by atoms with van der Waals surface area (Å²) in [7, 11) is -2.47. The normalized spacial score (nSPS) is 12.0. The number of benzene rings is 1. The highest BCUT2D eigenvalue weighted by molar-refractivity contribution is 7.90. The van der Waals surface area contributed by atoms with Crippen molar-refractivity contribution in [3.05, 3.63) is 54.5 Å². The van der Waals surface area contributed by atoms with E-state index >= 15 is 0 Å². The van der Waals surface area contributed by atoms with Gasteiger partial charge in [0.15, 0.2) is 15.5 Å². The maximum Gasteiger partial charge on any atom is 0.433 e. The maximum absolute atomic E-state index is 14.0. The first-order chi connectivity index (χ1) is 14.0. The Balaban J connectivity index is 2.31. The number of esters is 1. The second-order valence-electron chi connectivity index (χ2n) is 6.34. The van der Waals surface area contributed by atoms with Crippen molar-refractivity contribution in [1.29, 1.82) is 0 Å². The molecule has 0 atom stereocenters. The standard InChI is InChI=1S/C19H16F3N3O4S/c1-29-15(26)11-25-18(19(20,21)22)16(17(24-25)13-7-9-23-10-8-13)12-3-5-14(6-4-12)30(2,27)28/h3-10H,11H2,1-2H3. The van der Waals surface area contributed by atoms with E-state index in [9.17, 15) is 26.4 Å². The van der Waals surface area contributed by atoms with Crippen molar-refractivity contribution in [2.45, 2.75) is 17.6 Å². The van der Waals surface area contributed by atoms with E-state index < -0.39 is 34.2 Å². The minimum atomic E-state index is -4.85. The number of carbonyl (C=O) groups is 1. The van der Waals surface area contributed by atoms with Crippen LogP contribution in [0.3, 0.4) is 0 Å². The van der Waals surface area contributed by atoms with Gasteiger partial charge in [0.2, 0.25) is 0 Å². The van der Waals surface area contributed by atoms with Gasteiger partial charge in [0.1, 0.15) is 12.2 Å². The summed E-state index contributed by atoms with van der Waals surface area (Å²) in [5.41, 5.74) is -1.01. The summed E-state index contributed by atoms with van der Waals surface area (Å²) in [5.74, 6) is -0.900. The molecule has 2 heterocycles. The first kappa shape index (κ1) is 21.5. The van der Waals surface area contributed by atoms with Crippen LogP contribution in [0.2, 0.25) is 0 Å². The first-order valence-corrected chi connectivity index (χ1v) is 10.4. The number of halogens is 3. The largest absolute Gasteiger partial charge is 0.468 e. The van der Waals surface area contributed by atoms with Gasteiger partial charge >= 0.3 is 12.1 Å². The molecule has 3 aromatic rings. The number of sulfone groups is 1. The molecule has 0 amide bonds. The van der Waals surface area contributed by atoms with Gasteiger partial charge in [-0.1, -0.05) is 12.1 Å². The summed E-state index contributed by atoms with van der Waals surface area (Å²) in [6.45, 7) is -0.745. The lowest BCUT2D eigenvalue weighted by atomic mass is 9.99. The number of hydrogen-bond donors (Lipinski definition) is 0. The topological polar surface area (TPSA) is 91.2 Å². The summed E-state index contributed by atoms with van der Waals surface area (Å²) in [5, 5.41) is 4.03. The molecule has 0 aliphatic carbocycles. The van der Waals surface area contributed by atoms with Crippen molar-refractivity contribution in [3.63, 3.8) is 0 Å². The van der Waals surface area contributed by atoms with Gasteiger partial charge in [-0.05, 0) is 29.8 Å². The van der Waals surface area contributed by atoms with Crippen LogP contribution in [-0.4, -0.2) is 42.5 Å². The van der Waals surface area contributed by atoms with E-state index in [0.29, 0.717) is 10.2 Å². The molecule has 3 rings (SSSR count). The predicted octanol–water partition coefficient (Wildman–Crippen LogP) is 3.21. The van der Waals surface area contributed by atoms with Crippen molar-refractivity contribution in [1.82, 2.24) is 14.8 Å². The van der Waals surface area contributed by atoms with Crippen molar-refractivity contribution in [2.24, 2.45) is 0 Å².